The Balaban J connectivity index is 2.06. The van der Waals surface area contributed by atoms with Crippen LogP contribution in [0.3, 0.4) is 0 Å². The lowest BCUT2D eigenvalue weighted by molar-refractivity contribution is 0.0815. The third kappa shape index (κ3) is 4.26. The van der Waals surface area contributed by atoms with Gasteiger partial charge in [-0.3, -0.25) is 9.88 Å². The van der Waals surface area contributed by atoms with Crippen molar-refractivity contribution >= 4 is 15.9 Å². The van der Waals surface area contributed by atoms with Crippen LogP contribution in [0, 0.1) is 0 Å². The van der Waals surface area contributed by atoms with Crippen LogP contribution < -0.4 is 5.32 Å². The molecule has 0 spiro atoms. The quantitative estimate of drug-likeness (QED) is 0.921. The van der Waals surface area contributed by atoms with Crippen LogP contribution >= 0.6 is 15.9 Å². The highest BCUT2D eigenvalue weighted by Crippen LogP contribution is 2.20. The maximum atomic E-state index is 4.51. The second-order valence-electron chi connectivity index (χ2n) is 6.08. The van der Waals surface area contributed by atoms with Crippen LogP contribution in [0.5, 0.6) is 0 Å². The Bertz CT molecular complexity index is 402. The van der Waals surface area contributed by atoms with Gasteiger partial charge < -0.3 is 5.32 Å². The van der Waals surface area contributed by atoms with Crippen molar-refractivity contribution in [2.75, 3.05) is 13.1 Å². The summed E-state index contributed by atoms with van der Waals surface area (Å²) < 4.78 is 1.04. The van der Waals surface area contributed by atoms with Crippen LogP contribution in [0.4, 0.5) is 0 Å². The first-order valence-corrected chi connectivity index (χ1v) is 7.89. The molecule has 1 atom stereocenters. The Morgan fingerprint density at radius 2 is 2.26 bits per heavy atom. The molecule has 2 heterocycles. The highest BCUT2D eigenvalue weighted by Gasteiger charge is 2.31. The van der Waals surface area contributed by atoms with E-state index in [-0.39, 0.29) is 5.54 Å². The Morgan fingerprint density at radius 3 is 2.89 bits per heavy atom. The molecule has 1 aliphatic rings. The summed E-state index contributed by atoms with van der Waals surface area (Å²) in [5.74, 6) is 0. The van der Waals surface area contributed by atoms with Gasteiger partial charge in [-0.15, -0.1) is 0 Å². The predicted molar refractivity (Wildman–Crippen MR) is 83.1 cm³/mol. The standard InChI is InChI=1S/C15H24BrN3/c1-4-5-14-9-18-15(2,3)11-19(14)10-13-7-6-12(16)8-17-13/h6-8,14,18H,4-5,9-11H2,1-3H3. The normalized spacial score (nSPS) is 23.5. The van der Waals surface area contributed by atoms with E-state index in [1.807, 2.05) is 6.20 Å². The van der Waals surface area contributed by atoms with Gasteiger partial charge in [0.25, 0.3) is 0 Å². The molecule has 0 bridgehead atoms. The number of hydrogen-bond acceptors (Lipinski definition) is 3. The number of nitrogens with one attached hydrogen (secondary N) is 1. The van der Waals surface area contributed by atoms with Gasteiger partial charge in [0.15, 0.2) is 0 Å². The fraction of sp³-hybridized carbons (Fsp3) is 0.667. The van der Waals surface area contributed by atoms with Gasteiger partial charge in [-0.25, -0.2) is 0 Å². The summed E-state index contributed by atoms with van der Waals surface area (Å²) in [5.41, 5.74) is 1.35. The largest absolute Gasteiger partial charge is 0.309 e. The minimum absolute atomic E-state index is 0.194. The van der Waals surface area contributed by atoms with Gasteiger partial charge in [-0.2, -0.15) is 0 Å². The van der Waals surface area contributed by atoms with Crippen molar-refractivity contribution in [1.82, 2.24) is 15.2 Å². The first-order chi connectivity index (χ1) is 9.00. The molecule has 1 unspecified atom stereocenters. The Kier molecular flexibility index (Phi) is 4.98. The summed E-state index contributed by atoms with van der Waals surface area (Å²) >= 11 is 3.44. The minimum Gasteiger partial charge on any atom is -0.309 e. The van der Waals surface area contributed by atoms with Gasteiger partial charge in [-0.05, 0) is 48.3 Å². The summed E-state index contributed by atoms with van der Waals surface area (Å²) in [7, 11) is 0. The molecular formula is C15H24BrN3. The molecule has 106 valence electrons. The summed E-state index contributed by atoms with van der Waals surface area (Å²) in [5, 5.41) is 3.65. The number of hydrogen-bond donors (Lipinski definition) is 1. The van der Waals surface area contributed by atoms with Crippen molar-refractivity contribution < 1.29 is 0 Å². The molecule has 1 aliphatic heterocycles. The topological polar surface area (TPSA) is 28.2 Å². The SMILES string of the molecule is CCCC1CNC(C)(C)CN1Cc1ccc(Br)cn1. The molecule has 1 saturated heterocycles. The van der Waals surface area contributed by atoms with Crippen LogP contribution in [0.15, 0.2) is 22.8 Å². The first kappa shape index (κ1) is 14.9. The summed E-state index contributed by atoms with van der Waals surface area (Å²) in [4.78, 5) is 7.09. The number of piperazine rings is 1. The number of rotatable bonds is 4. The molecular weight excluding hydrogens is 302 g/mol. The Morgan fingerprint density at radius 1 is 1.47 bits per heavy atom. The van der Waals surface area contributed by atoms with Gasteiger partial charge in [0.2, 0.25) is 0 Å². The zero-order valence-corrected chi connectivity index (χ0v) is 13.7. The van der Waals surface area contributed by atoms with E-state index < -0.39 is 0 Å². The van der Waals surface area contributed by atoms with Gasteiger partial charge in [0, 0.05) is 41.9 Å². The molecule has 1 fully saturated rings. The molecule has 1 N–H and O–H groups in total. The van der Waals surface area contributed by atoms with E-state index in [0.29, 0.717) is 6.04 Å². The second kappa shape index (κ2) is 6.33. The molecule has 0 amide bonds. The van der Waals surface area contributed by atoms with Crippen molar-refractivity contribution in [3.8, 4) is 0 Å². The highest BCUT2D eigenvalue weighted by molar-refractivity contribution is 9.10. The van der Waals surface area contributed by atoms with Gasteiger partial charge in [0.05, 0.1) is 5.69 Å². The van der Waals surface area contributed by atoms with Gasteiger partial charge in [0.1, 0.15) is 0 Å². The zero-order chi connectivity index (χ0) is 13.9. The van der Waals surface area contributed by atoms with E-state index in [4.69, 9.17) is 0 Å². The van der Waals surface area contributed by atoms with E-state index in [1.165, 1.54) is 12.8 Å². The molecule has 0 aromatic carbocycles. The van der Waals surface area contributed by atoms with E-state index in [0.717, 1.165) is 29.8 Å². The molecule has 0 saturated carbocycles. The van der Waals surface area contributed by atoms with Gasteiger partial charge in [-0.1, -0.05) is 13.3 Å². The van der Waals surface area contributed by atoms with Crippen molar-refractivity contribution in [2.45, 2.75) is 51.7 Å². The number of halogens is 1. The molecule has 1 aromatic heterocycles. The van der Waals surface area contributed by atoms with Crippen LogP contribution in [0.25, 0.3) is 0 Å². The van der Waals surface area contributed by atoms with Crippen LogP contribution in [-0.4, -0.2) is 34.6 Å². The minimum atomic E-state index is 0.194. The lowest BCUT2D eigenvalue weighted by Crippen LogP contribution is -2.61. The second-order valence-corrected chi connectivity index (χ2v) is 7.00. The van der Waals surface area contributed by atoms with E-state index in [2.05, 4.69) is 64.0 Å². The summed E-state index contributed by atoms with van der Waals surface area (Å²) in [6, 6.07) is 4.82. The molecule has 19 heavy (non-hydrogen) atoms. The number of nitrogens with zero attached hydrogens (tertiary/aromatic N) is 2. The molecule has 1 aromatic rings. The Labute approximate surface area is 124 Å². The average Bonchev–Trinajstić information content (AvgIpc) is 2.35. The third-order valence-corrected chi connectivity index (χ3v) is 4.18. The summed E-state index contributed by atoms with van der Waals surface area (Å²) in [6.45, 7) is 9.92. The maximum absolute atomic E-state index is 4.51. The lowest BCUT2D eigenvalue weighted by atomic mass is 9.96. The smallest absolute Gasteiger partial charge is 0.0544 e. The van der Waals surface area contributed by atoms with E-state index in [9.17, 15) is 0 Å². The number of pyridine rings is 1. The fourth-order valence-corrected chi connectivity index (χ4v) is 2.96. The highest BCUT2D eigenvalue weighted by atomic mass is 79.9. The van der Waals surface area contributed by atoms with Crippen molar-refractivity contribution in [3.63, 3.8) is 0 Å². The third-order valence-electron chi connectivity index (χ3n) is 3.71. The fourth-order valence-electron chi connectivity index (χ4n) is 2.73. The first-order valence-electron chi connectivity index (χ1n) is 7.10. The molecule has 3 nitrogen and oxygen atoms in total. The molecule has 2 rings (SSSR count). The zero-order valence-electron chi connectivity index (χ0n) is 12.1. The van der Waals surface area contributed by atoms with Crippen LogP contribution in [0.2, 0.25) is 0 Å². The monoisotopic (exact) mass is 325 g/mol. The lowest BCUT2D eigenvalue weighted by Gasteiger charge is -2.44. The van der Waals surface area contributed by atoms with E-state index in [1.54, 1.807) is 0 Å². The maximum Gasteiger partial charge on any atom is 0.0544 e. The predicted octanol–water partition coefficient (Wildman–Crippen LogP) is 3.20. The number of aromatic nitrogens is 1. The average molecular weight is 326 g/mol. The van der Waals surface area contributed by atoms with Crippen molar-refractivity contribution in [3.05, 3.63) is 28.5 Å². The van der Waals surface area contributed by atoms with Gasteiger partial charge >= 0.3 is 0 Å². The van der Waals surface area contributed by atoms with Crippen molar-refractivity contribution in [1.29, 1.82) is 0 Å². The molecule has 0 radical (unpaired) electrons. The summed E-state index contributed by atoms with van der Waals surface area (Å²) in [6.07, 6.45) is 4.37. The molecule has 0 aliphatic carbocycles. The Hall–Kier alpha value is -0.450. The molecule has 4 heteroatoms. The van der Waals surface area contributed by atoms with E-state index >= 15 is 0 Å². The van der Waals surface area contributed by atoms with Crippen LogP contribution in [-0.2, 0) is 6.54 Å². The van der Waals surface area contributed by atoms with Crippen molar-refractivity contribution in [2.24, 2.45) is 0 Å². The van der Waals surface area contributed by atoms with Crippen LogP contribution in [0.1, 0.15) is 39.3 Å².